The lowest BCUT2D eigenvalue weighted by atomic mass is 10.0. The topological polar surface area (TPSA) is 69.6 Å². The van der Waals surface area contributed by atoms with Gasteiger partial charge in [-0.2, -0.15) is 0 Å². The first-order valence-corrected chi connectivity index (χ1v) is 31.0. The van der Waals surface area contributed by atoms with Crippen molar-refractivity contribution in [1.29, 1.82) is 0 Å². The normalized spacial score (nSPS) is 13.2. The number of carbonyl (C=O) groups excluding carboxylic acids is 1. The number of allylic oxidation sites excluding steroid dienone is 9. The van der Waals surface area contributed by atoms with Crippen LogP contribution in [0.25, 0.3) is 0 Å². The number of amides is 1. The molecule has 0 aliphatic heterocycles. The molecule has 0 spiro atoms. The van der Waals surface area contributed by atoms with Crippen LogP contribution < -0.4 is 5.32 Å². The van der Waals surface area contributed by atoms with Crippen molar-refractivity contribution in [1.82, 2.24) is 5.32 Å². The third-order valence-electron chi connectivity index (χ3n) is 14.2. The second kappa shape index (κ2) is 60.4. The van der Waals surface area contributed by atoms with Crippen LogP contribution in [0.5, 0.6) is 0 Å². The van der Waals surface area contributed by atoms with E-state index in [2.05, 4.69) is 67.8 Å². The Morgan fingerprint density at radius 2 is 0.609 bits per heavy atom. The van der Waals surface area contributed by atoms with E-state index in [0.29, 0.717) is 6.42 Å². The summed E-state index contributed by atoms with van der Waals surface area (Å²) in [6, 6.07) is -0.647. The molecule has 1 amide bonds. The molecule has 404 valence electrons. The summed E-state index contributed by atoms with van der Waals surface area (Å²) in [7, 11) is 0. The minimum absolute atomic E-state index is 0.0753. The van der Waals surface area contributed by atoms with Crippen LogP contribution >= 0.6 is 0 Å². The number of hydrogen-bond acceptors (Lipinski definition) is 3. The van der Waals surface area contributed by atoms with Crippen LogP contribution in [0, 0.1) is 0 Å². The van der Waals surface area contributed by atoms with E-state index in [1.165, 1.54) is 263 Å². The van der Waals surface area contributed by atoms with Gasteiger partial charge >= 0.3 is 0 Å². The Kier molecular flexibility index (Phi) is 58.7. The average Bonchev–Trinajstić information content (AvgIpc) is 3.35. The molecule has 4 nitrogen and oxygen atoms in total. The van der Waals surface area contributed by atoms with E-state index < -0.39 is 12.1 Å². The van der Waals surface area contributed by atoms with Crippen LogP contribution in [0.2, 0.25) is 0 Å². The molecule has 0 bridgehead atoms. The van der Waals surface area contributed by atoms with Crippen LogP contribution in [-0.2, 0) is 4.79 Å². The highest BCUT2D eigenvalue weighted by Gasteiger charge is 2.18. The first kappa shape index (κ1) is 67.1. The Hall–Kier alpha value is -1.91. The van der Waals surface area contributed by atoms with Gasteiger partial charge in [-0.25, -0.2) is 0 Å². The molecule has 2 atom stereocenters. The fraction of sp³-hybridized carbons (Fsp3) is 0.831. The largest absolute Gasteiger partial charge is 0.394 e. The summed E-state index contributed by atoms with van der Waals surface area (Å²) < 4.78 is 0. The van der Waals surface area contributed by atoms with Crippen LogP contribution in [-0.4, -0.2) is 34.9 Å². The zero-order valence-corrected chi connectivity index (χ0v) is 46.6. The van der Waals surface area contributed by atoms with E-state index in [1.54, 1.807) is 6.08 Å². The highest BCUT2D eigenvalue weighted by Crippen LogP contribution is 2.17. The van der Waals surface area contributed by atoms with Crippen molar-refractivity contribution in [2.24, 2.45) is 0 Å². The van der Waals surface area contributed by atoms with Gasteiger partial charge in [0.05, 0.1) is 18.8 Å². The maximum absolute atomic E-state index is 12.5. The number of hydrogen-bond donors (Lipinski definition) is 3. The summed E-state index contributed by atoms with van der Waals surface area (Å²) >= 11 is 0. The lowest BCUT2D eigenvalue weighted by molar-refractivity contribution is -0.123. The van der Waals surface area contributed by atoms with Gasteiger partial charge in [-0.3, -0.25) is 4.79 Å². The molecular formula is C65H121NO3. The van der Waals surface area contributed by atoms with Gasteiger partial charge in [0.25, 0.3) is 0 Å². The standard InChI is InChI=1S/C65H121NO3/c1-3-5-7-9-11-13-15-17-19-21-23-24-25-26-27-28-29-30-31-32-33-34-35-36-37-38-39-40-41-42-43-45-47-49-51-53-55-57-59-61-65(69)66-63(62-67)64(68)60-58-56-54-52-50-48-46-44-22-20-18-16-14-12-10-8-6-4-2/h22,29-30,32-33,44,50,52,58,60,63-64,67-68H,3-21,23-28,31,34-43,45-49,51,53-57,59,61-62H2,1-2H3,(H,66,69)/b30-29-,33-32-,44-22+,52-50+,60-58+. The summed E-state index contributed by atoms with van der Waals surface area (Å²) in [6.07, 6.45) is 85.6. The van der Waals surface area contributed by atoms with E-state index in [0.717, 1.165) is 44.9 Å². The molecule has 0 rings (SSSR count). The SMILES string of the molecule is CCCCCCCCCC/C=C/CC/C=C/CC/C=C/C(O)C(CO)NC(=O)CCCCCCCCCCCCCCCCCCC/C=C\C/C=C\CCCCCCCCCCCCCCCCC. The molecule has 0 aromatic rings. The van der Waals surface area contributed by atoms with Crippen molar-refractivity contribution in [2.45, 2.75) is 341 Å². The molecule has 4 heteroatoms. The molecule has 0 saturated heterocycles. The van der Waals surface area contributed by atoms with Gasteiger partial charge in [0.1, 0.15) is 0 Å². The van der Waals surface area contributed by atoms with Gasteiger partial charge in [-0.15, -0.1) is 0 Å². The number of carbonyl (C=O) groups is 1. The predicted octanol–water partition coefficient (Wildman–Crippen LogP) is 20.8. The van der Waals surface area contributed by atoms with E-state index in [9.17, 15) is 15.0 Å². The summed E-state index contributed by atoms with van der Waals surface area (Å²) in [5, 5.41) is 23.1. The van der Waals surface area contributed by atoms with Crippen molar-refractivity contribution >= 4 is 5.91 Å². The van der Waals surface area contributed by atoms with Gasteiger partial charge in [-0.1, -0.05) is 306 Å². The molecule has 0 aliphatic carbocycles. The second-order valence-corrected chi connectivity index (χ2v) is 21.1. The van der Waals surface area contributed by atoms with Crippen molar-refractivity contribution in [3.8, 4) is 0 Å². The molecule has 0 saturated carbocycles. The first-order valence-electron chi connectivity index (χ1n) is 31.0. The van der Waals surface area contributed by atoms with E-state index in [1.807, 2.05) is 6.08 Å². The Morgan fingerprint density at radius 3 is 0.928 bits per heavy atom. The number of rotatable bonds is 57. The molecule has 0 aromatic carbocycles. The fourth-order valence-corrected chi connectivity index (χ4v) is 9.48. The Labute approximate surface area is 432 Å². The zero-order valence-electron chi connectivity index (χ0n) is 46.6. The summed E-state index contributed by atoms with van der Waals surface area (Å²) in [5.41, 5.74) is 0. The second-order valence-electron chi connectivity index (χ2n) is 21.1. The maximum atomic E-state index is 12.5. The third kappa shape index (κ3) is 56.9. The third-order valence-corrected chi connectivity index (χ3v) is 14.2. The van der Waals surface area contributed by atoms with Gasteiger partial charge in [0.2, 0.25) is 5.91 Å². The van der Waals surface area contributed by atoms with E-state index in [-0.39, 0.29) is 12.5 Å². The smallest absolute Gasteiger partial charge is 0.220 e. The summed E-state index contributed by atoms with van der Waals surface area (Å²) in [5.74, 6) is -0.0753. The minimum atomic E-state index is -0.872. The van der Waals surface area contributed by atoms with Crippen molar-refractivity contribution in [3.05, 3.63) is 60.8 Å². The van der Waals surface area contributed by atoms with Crippen molar-refractivity contribution in [2.75, 3.05) is 6.61 Å². The summed E-state index contributed by atoms with van der Waals surface area (Å²) in [4.78, 5) is 12.5. The Balaban J connectivity index is 3.46. The highest BCUT2D eigenvalue weighted by atomic mass is 16.3. The molecule has 2 unspecified atom stereocenters. The average molecular weight is 965 g/mol. The number of aliphatic hydroxyl groups excluding tert-OH is 2. The molecule has 0 radical (unpaired) electrons. The highest BCUT2D eigenvalue weighted by molar-refractivity contribution is 5.76. The minimum Gasteiger partial charge on any atom is -0.394 e. The Morgan fingerprint density at radius 1 is 0.348 bits per heavy atom. The fourth-order valence-electron chi connectivity index (χ4n) is 9.48. The van der Waals surface area contributed by atoms with Gasteiger partial charge < -0.3 is 15.5 Å². The maximum Gasteiger partial charge on any atom is 0.220 e. The van der Waals surface area contributed by atoms with E-state index >= 15 is 0 Å². The van der Waals surface area contributed by atoms with Crippen molar-refractivity contribution in [3.63, 3.8) is 0 Å². The van der Waals surface area contributed by atoms with Gasteiger partial charge in [0, 0.05) is 6.42 Å². The molecule has 0 fully saturated rings. The molecule has 3 N–H and O–H groups in total. The molecular weight excluding hydrogens is 843 g/mol. The summed E-state index contributed by atoms with van der Waals surface area (Å²) in [6.45, 7) is 4.31. The molecule has 69 heavy (non-hydrogen) atoms. The van der Waals surface area contributed by atoms with Crippen molar-refractivity contribution < 1.29 is 15.0 Å². The molecule has 0 aliphatic rings. The number of unbranched alkanes of at least 4 members (excludes halogenated alkanes) is 42. The lowest BCUT2D eigenvalue weighted by Crippen LogP contribution is -2.45. The molecule has 0 aromatic heterocycles. The zero-order chi connectivity index (χ0) is 49.9. The van der Waals surface area contributed by atoms with E-state index in [4.69, 9.17) is 0 Å². The lowest BCUT2D eigenvalue weighted by Gasteiger charge is -2.19. The van der Waals surface area contributed by atoms with Gasteiger partial charge in [0.15, 0.2) is 0 Å². The number of nitrogens with one attached hydrogen (secondary N) is 1. The Bertz CT molecular complexity index is 1140. The van der Waals surface area contributed by atoms with Crippen LogP contribution in [0.4, 0.5) is 0 Å². The van der Waals surface area contributed by atoms with Crippen LogP contribution in [0.15, 0.2) is 60.8 Å². The quantitative estimate of drug-likeness (QED) is 0.0420. The first-order chi connectivity index (χ1) is 34.2. The molecule has 0 heterocycles. The van der Waals surface area contributed by atoms with Gasteiger partial charge in [-0.05, 0) is 77.0 Å². The van der Waals surface area contributed by atoms with Crippen LogP contribution in [0.3, 0.4) is 0 Å². The van der Waals surface area contributed by atoms with Crippen LogP contribution in [0.1, 0.15) is 328 Å². The predicted molar refractivity (Wildman–Crippen MR) is 308 cm³/mol. The monoisotopic (exact) mass is 964 g/mol. The number of aliphatic hydroxyl groups is 2.